The monoisotopic (exact) mass is 319 g/mol. The van der Waals surface area contributed by atoms with Crippen molar-refractivity contribution in [1.82, 2.24) is 15.4 Å². The predicted octanol–water partition coefficient (Wildman–Crippen LogP) is 2.64. The first-order valence-electron chi connectivity index (χ1n) is 6.51. The lowest BCUT2D eigenvalue weighted by Crippen LogP contribution is -2.19. The number of ether oxygens (including phenoxy) is 1. The van der Waals surface area contributed by atoms with Gasteiger partial charge >= 0.3 is 0 Å². The predicted molar refractivity (Wildman–Crippen MR) is 77.3 cm³/mol. The second-order valence-electron chi connectivity index (χ2n) is 4.72. The molecule has 1 heterocycles. The summed E-state index contributed by atoms with van der Waals surface area (Å²) in [5.41, 5.74) is 2.26. The van der Waals surface area contributed by atoms with E-state index in [1.165, 1.54) is 36.9 Å². The molecule has 3 aromatic rings. The number of hydrogen-bond donors (Lipinski definition) is 3. The minimum atomic E-state index is -0.969. The van der Waals surface area contributed by atoms with E-state index in [-0.39, 0.29) is 16.8 Å². The van der Waals surface area contributed by atoms with Gasteiger partial charge in [-0.25, -0.2) is 19.2 Å². The summed E-state index contributed by atoms with van der Waals surface area (Å²) in [4.78, 5) is 18.5. The van der Waals surface area contributed by atoms with Crippen molar-refractivity contribution in [3.8, 4) is 17.1 Å². The van der Waals surface area contributed by atoms with Gasteiger partial charge in [0.2, 0.25) is 0 Å². The fourth-order valence-electron chi connectivity index (χ4n) is 2.21. The summed E-state index contributed by atoms with van der Waals surface area (Å²) in [6, 6.07) is 6.47. The zero-order chi connectivity index (χ0) is 16.6. The Morgan fingerprint density at radius 1 is 1.26 bits per heavy atom. The molecule has 0 radical (unpaired) electrons. The van der Waals surface area contributed by atoms with Crippen molar-refractivity contribution in [3.05, 3.63) is 47.5 Å². The highest BCUT2D eigenvalue weighted by atomic mass is 19.1. The SMILES string of the molecule is COc1cc(-c2nc3cc(F)c(C(=O)NO)cc3[nH]2)ccc1F. The van der Waals surface area contributed by atoms with Gasteiger partial charge in [-0.3, -0.25) is 10.0 Å². The van der Waals surface area contributed by atoms with Crippen molar-refractivity contribution in [2.45, 2.75) is 0 Å². The largest absolute Gasteiger partial charge is 0.494 e. The number of fused-ring (bicyclic) bond motifs is 1. The van der Waals surface area contributed by atoms with Crippen LogP contribution in [0, 0.1) is 11.6 Å². The summed E-state index contributed by atoms with van der Waals surface area (Å²) < 4.78 is 32.2. The van der Waals surface area contributed by atoms with Crippen molar-refractivity contribution >= 4 is 16.9 Å². The topological polar surface area (TPSA) is 87.2 Å². The molecule has 0 unspecified atom stereocenters. The molecule has 23 heavy (non-hydrogen) atoms. The Kier molecular flexibility index (Phi) is 3.67. The number of imidazole rings is 1. The maximum atomic E-state index is 13.8. The zero-order valence-corrected chi connectivity index (χ0v) is 11.9. The number of benzene rings is 2. The molecule has 0 aliphatic heterocycles. The lowest BCUT2D eigenvalue weighted by atomic mass is 10.2. The normalized spacial score (nSPS) is 10.8. The third-order valence-corrected chi connectivity index (χ3v) is 3.34. The van der Waals surface area contributed by atoms with Gasteiger partial charge in [0, 0.05) is 11.6 Å². The van der Waals surface area contributed by atoms with Crippen molar-refractivity contribution in [2.75, 3.05) is 7.11 Å². The van der Waals surface area contributed by atoms with Crippen molar-refractivity contribution in [3.63, 3.8) is 0 Å². The number of halogens is 2. The van der Waals surface area contributed by atoms with E-state index in [4.69, 9.17) is 9.94 Å². The van der Waals surface area contributed by atoms with E-state index >= 15 is 0 Å². The highest BCUT2D eigenvalue weighted by Gasteiger charge is 2.15. The zero-order valence-electron chi connectivity index (χ0n) is 11.9. The number of methoxy groups -OCH3 is 1. The summed E-state index contributed by atoms with van der Waals surface area (Å²) in [5.74, 6) is -1.89. The number of nitrogens with one attached hydrogen (secondary N) is 2. The van der Waals surface area contributed by atoms with Gasteiger partial charge in [0.1, 0.15) is 11.6 Å². The van der Waals surface area contributed by atoms with E-state index in [0.717, 1.165) is 6.07 Å². The number of H-pyrrole nitrogens is 1. The number of carbonyl (C=O) groups is 1. The number of hydrogen-bond acceptors (Lipinski definition) is 4. The molecule has 8 heteroatoms. The second-order valence-corrected chi connectivity index (χ2v) is 4.72. The molecule has 118 valence electrons. The Morgan fingerprint density at radius 2 is 2.04 bits per heavy atom. The first kappa shape index (κ1) is 14.9. The number of aromatic nitrogens is 2. The number of amides is 1. The quantitative estimate of drug-likeness (QED) is 0.511. The summed E-state index contributed by atoms with van der Waals surface area (Å²) in [7, 11) is 1.34. The van der Waals surface area contributed by atoms with Gasteiger partial charge in [-0.1, -0.05) is 0 Å². The van der Waals surface area contributed by atoms with E-state index in [1.807, 2.05) is 0 Å². The van der Waals surface area contributed by atoms with E-state index in [1.54, 1.807) is 0 Å². The highest BCUT2D eigenvalue weighted by molar-refractivity contribution is 5.97. The second kappa shape index (κ2) is 5.65. The van der Waals surface area contributed by atoms with Gasteiger partial charge in [-0.15, -0.1) is 0 Å². The maximum Gasteiger partial charge on any atom is 0.277 e. The molecule has 3 N–H and O–H groups in total. The smallest absolute Gasteiger partial charge is 0.277 e. The van der Waals surface area contributed by atoms with E-state index in [9.17, 15) is 13.6 Å². The average Bonchev–Trinajstić information content (AvgIpc) is 2.96. The molecule has 0 saturated heterocycles. The van der Waals surface area contributed by atoms with Crippen LogP contribution in [-0.4, -0.2) is 28.2 Å². The van der Waals surface area contributed by atoms with Crippen molar-refractivity contribution < 1.29 is 23.5 Å². The molecular weight excluding hydrogens is 308 g/mol. The molecule has 6 nitrogen and oxygen atoms in total. The van der Waals surface area contributed by atoms with E-state index in [0.29, 0.717) is 16.9 Å². The Balaban J connectivity index is 2.11. The fraction of sp³-hybridized carbons (Fsp3) is 0.0667. The van der Waals surface area contributed by atoms with Crippen LogP contribution < -0.4 is 10.2 Å². The Labute approximate surface area is 128 Å². The fourth-order valence-corrected chi connectivity index (χ4v) is 2.21. The molecule has 1 amide bonds. The lowest BCUT2D eigenvalue weighted by molar-refractivity contribution is 0.0702. The molecule has 0 spiro atoms. The third-order valence-electron chi connectivity index (χ3n) is 3.34. The molecule has 2 aromatic carbocycles. The van der Waals surface area contributed by atoms with Gasteiger partial charge in [-0.05, 0) is 24.3 Å². The molecule has 1 aromatic heterocycles. The number of carbonyl (C=O) groups excluding carboxylic acids is 1. The third kappa shape index (κ3) is 2.59. The number of nitrogens with zero attached hydrogens (tertiary/aromatic N) is 1. The van der Waals surface area contributed by atoms with Crippen LogP contribution in [0.3, 0.4) is 0 Å². The summed E-state index contributed by atoms with van der Waals surface area (Å²) >= 11 is 0. The number of rotatable bonds is 3. The van der Waals surface area contributed by atoms with Crippen LogP contribution >= 0.6 is 0 Å². The van der Waals surface area contributed by atoms with Gasteiger partial charge < -0.3 is 9.72 Å². The summed E-state index contributed by atoms with van der Waals surface area (Å²) in [6.45, 7) is 0. The molecular formula is C15H11F2N3O3. The lowest BCUT2D eigenvalue weighted by Gasteiger charge is -2.03. The van der Waals surface area contributed by atoms with E-state index in [2.05, 4.69) is 9.97 Å². The molecule has 3 rings (SSSR count). The summed E-state index contributed by atoms with van der Waals surface area (Å²) in [6.07, 6.45) is 0. The highest BCUT2D eigenvalue weighted by Crippen LogP contribution is 2.27. The number of aromatic amines is 1. The standard InChI is InChI=1S/C15H11F2N3O3/c1-23-13-4-7(2-3-9(13)16)14-18-11-5-8(15(21)20-22)10(17)6-12(11)19-14/h2-6,22H,1H3,(H,18,19)(H,20,21). The van der Waals surface area contributed by atoms with Crippen molar-refractivity contribution in [2.24, 2.45) is 0 Å². The first-order valence-corrected chi connectivity index (χ1v) is 6.51. The van der Waals surface area contributed by atoms with Crippen LogP contribution in [0.25, 0.3) is 22.4 Å². The molecule has 0 aliphatic carbocycles. The van der Waals surface area contributed by atoms with Gasteiger partial charge in [0.15, 0.2) is 11.6 Å². The van der Waals surface area contributed by atoms with E-state index < -0.39 is 17.5 Å². The summed E-state index contributed by atoms with van der Waals surface area (Å²) in [5, 5.41) is 8.61. The van der Waals surface area contributed by atoms with Gasteiger partial charge in [0.25, 0.3) is 5.91 Å². The van der Waals surface area contributed by atoms with Crippen LogP contribution in [0.2, 0.25) is 0 Å². The van der Waals surface area contributed by atoms with Crippen LogP contribution in [0.4, 0.5) is 8.78 Å². The Hall–Kier alpha value is -3.00. The van der Waals surface area contributed by atoms with Crippen molar-refractivity contribution in [1.29, 1.82) is 0 Å². The molecule has 0 aliphatic rings. The van der Waals surface area contributed by atoms with Crippen LogP contribution in [0.5, 0.6) is 5.75 Å². The molecule has 0 fully saturated rings. The Bertz CT molecular complexity index is 908. The molecule has 0 atom stereocenters. The number of hydroxylamine groups is 1. The Morgan fingerprint density at radius 3 is 2.74 bits per heavy atom. The van der Waals surface area contributed by atoms with Crippen LogP contribution in [-0.2, 0) is 0 Å². The van der Waals surface area contributed by atoms with Gasteiger partial charge in [0.05, 0.1) is 23.7 Å². The molecule has 0 bridgehead atoms. The minimum Gasteiger partial charge on any atom is -0.494 e. The van der Waals surface area contributed by atoms with Crippen LogP contribution in [0.15, 0.2) is 30.3 Å². The minimum absolute atomic E-state index is 0.0504. The first-order chi connectivity index (χ1) is 11.0. The van der Waals surface area contributed by atoms with Gasteiger partial charge in [-0.2, -0.15) is 0 Å². The molecule has 0 saturated carbocycles. The van der Waals surface area contributed by atoms with Crippen LogP contribution in [0.1, 0.15) is 10.4 Å². The maximum absolute atomic E-state index is 13.8. The average molecular weight is 319 g/mol.